The fourth-order valence-corrected chi connectivity index (χ4v) is 2.96. The van der Waals surface area contributed by atoms with E-state index in [1.165, 1.54) is 19.3 Å². The Labute approximate surface area is 140 Å². The predicted molar refractivity (Wildman–Crippen MR) is 97.3 cm³/mol. The molecule has 0 aliphatic carbocycles. The topological polar surface area (TPSA) is 32.3 Å². The van der Waals surface area contributed by atoms with E-state index in [1.807, 2.05) is 48.5 Å². The minimum atomic E-state index is -0.549. The summed E-state index contributed by atoms with van der Waals surface area (Å²) in [4.78, 5) is 0. The van der Waals surface area contributed by atoms with Crippen LogP contribution in [0.15, 0.2) is 60.7 Å². The van der Waals surface area contributed by atoms with Gasteiger partial charge in [0.05, 0.1) is 12.1 Å². The van der Waals surface area contributed by atoms with E-state index in [2.05, 4.69) is 31.3 Å². The predicted octanol–water partition coefficient (Wildman–Crippen LogP) is 5.02. The Morgan fingerprint density at radius 2 is 1.43 bits per heavy atom. The first-order chi connectivity index (χ1) is 11.2. The van der Waals surface area contributed by atoms with Gasteiger partial charge < -0.3 is 10.4 Å². The minimum absolute atomic E-state index is 0.0878. The lowest BCUT2D eigenvalue weighted by Crippen LogP contribution is -2.34. The van der Waals surface area contributed by atoms with Gasteiger partial charge in [-0.2, -0.15) is 0 Å². The zero-order chi connectivity index (χ0) is 16.5. The summed E-state index contributed by atoms with van der Waals surface area (Å²) in [7, 11) is 0. The molecule has 2 aromatic rings. The molecule has 0 unspecified atom stereocenters. The number of unbranched alkanes of at least 4 members (excludes halogenated alkanes) is 2. The van der Waals surface area contributed by atoms with E-state index in [9.17, 15) is 5.11 Å². The van der Waals surface area contributed by atoms with Crippen molar-refractivity contribution in [2.75, 3.05) is 0 Å². The maximum atomic E-state index is 10.9. The third-order valence-electron chi connectivity index (χ3n) is 4.32. The number of rotatable bonds is 9. The Balaban J connectivity index is 2.12. The fraction of sp³-hybridized carbons (Fsp3) is 0.429. The van der Waals surface area contributed by atoms with Crippen LogP contribution in [0.4, 0.5) is 0 Å². The van der Waals surface area contributed by atoms with E-state index < -0.39 is 6.10 Å². The molecule has 2 nitrogen and oxygen atoms in total. The van der Waals surface area contributed by atoms with Crippen LogP contribution in [-0.4, -0.2) is 11.1 Å². The molecular weight excluding hydrogens is 282 g/mol. The fourth-order valence-electron chi connectivity index (χ4n) is 2.96. The third-order valence-corrected chi connectivity index (χ3v) is 4.32. The Kier molecular flexibility index (Phi) is 7.31. The van der Waals surface area contributed by atoms with Crippen molar-refractivity contribution in [3.8, 4) is 0 Å². The van der Waals surface area contributed by atoms with Gasteiger partial charge in [0.2, 0.25) is 0 Å². The second-order valence-corrected chi connectivity index (χ2v) is 6.31. The van der Waals surface area contributed by atoms with Crippen molar-refractivity contribution in [1.29, 1.82) is 0 Å². The van der Waals surface area contributed by atoms with E-state index in [0.29, 0.717) is 6.04 Å². The largest absolute Gasteiger partial charge is 0.386 e. The van der Waals surface area contributed by atoms with Gasteiger partial charge in [-0.05, 0) is 24.5 Å². The van der Waals surface area contributed by atoms with Gasteiger partial charge in [0.15, 0.2) is 0 Å². The molecule has 0 aromatic heterocycles. The molecule has 0 amide bonds. The second kappa shape index (κ2) is 9.49. The quantitative estimate of drug-likeness (QED) is 0.637. The smallest absolute Gasteiger partial charge is 0.0984 e. The van der Waals surface area contributed by atoms with Crippen LogP contribution in [0.2, 0.25) is 0 Å². The molecule has 2 heteroatoms. The van der Waals surface area contributed by atoms with Crippen LogP contribution >= 0.6 is 0 Å². The molecule has 0 saturated carbocycles. The van der Waals surface area contributed by atoms with Gasteiger partial charge in [-0.15, -0.1) is 0 Å². The van der Waals surface area contributed by atoms with Crippen LogP contribution in [0, 0.1) is 0 Å². The molecule has 23 heavy (non-hydrogen) atoms. The highest BCUT2D eigenvalue weighted by Crippen LogP contribution is 2.29. The maximum absolute atomic E-state index is 10.9. The van der Waals surface area contributed by atoms with Gasteiger partial charge in [-0.3, -0.25) is 0 Å². The Bertz CT molecular complexity index is 540. The molecule has 0 radical (unpaired) electrons. The van der Waals surface area contributed by atoms with Crippen molar-refractivity contribution >= 4 is 0 Å². The van der Waals surface area contributed by atoms with Crippen LogP contribution < -0.4 is 5.32 Å². The van der Waals surface area contributed by atoms with Crippen molar-refractivity contribution in [3.63, 3.8) is 0 Å². The standard InChI is InChI=1S/C21H29NO/c1-3-4-7-12-17(2)22-20(18-13-8-5-9-14-18)21(23)19-15-10-6-11-16-19/h5-6,8-11,13-17,20-23H,3-4,7,12H2,1-2H3/t17-,20+,21-/m1/s1. The van der Waals surface area contributed by atoms with Crippen molar-refractivity contribution in [1.82, 2.24) is 5.32 Å². The van der Waals surface area contributed by atoms with Gasteiger partial charge in [0, 0.05) is 6.04 Å². The van der Waals surface area contributed by atoms with Gasteiger partial charge >= 0.3 is 0 Å². The highest BCUT2D eigenvalue weighted by molar-refractivity contribution is 5.26. The SMILES string of the molecule is CCCCC[C@@H](C)N[C@@H](c1ccccc1)[C@H](O)c1ccccc1. The van der Waals surface area contributed by atoms with Gasteiger partial charge in [-0.25, -0.2) is 0 Å². The highest BCUT2D eigenvalue weighted by atomic mass is 16.3. The molecule has 0 aliphatic heterocycles. The number of aliphatic hydroxyl groups excluding tert-OH is 1. The first-order valence-electron chi connectivity index (χ1n) is 8.76. The second-order valence-electron chi connectivity index (χ2n) is 6.31. The Morgan fingerprint density at radius 1 is 0.870 bits per heavy atom. The molecule has 124 valence electrons. The summed E-state index contributed by atoms with van der Waals surface area (Å²) in [6.45, 7) is 4.44. The average Bonchev–Trinajstić information content (AvgIpc) is 2.61. The average molecular weight is 311 g/mol. The molecule has 0 spiro atoms. The summed E-state index contributed by atoms with van der Waals surface area (Å²) in [6, 6.07) is 20.5. The van der Waals surface area contributed by atoms with E-state index in [-0.39, 0.29) is 6.04 Å². The Hall–Kier alpha value is -1.64. The summed E-state index contributed by atoms with van der Waals surface area (Å²) in [5.74, 6) is 0. The third kappa shape index (κ3) is 5.49. The molecule has 0 bridgehead atoms. The van der Waals surface area contributed by atoms with E-state index >= 15 is 0 Å². The number of hydrogen-bond acceptors (Lipinski definition) is 2. The molecular formula is C21H29NO. The lowest BCUT2D eigenvalue weighted by Gasteiger charge is -2.28. The van der Waals surface area contributed by atoms with Crippen LogP contribution in [0.1, 0.15) is 62.8 Å². The molecule has 2 aromatic carbocycles. The van der Waals surface area contributed by atoms with Crippen molar-refractivity contribution in [2.24, 2.45) is 0 Å². The lowest BCUT2D eigenvalue weighted by molar-refractivity contribution is 0.121. The molecule has 0 aliphatic rings. The zero-order valence-electron chi connectivity index (χ0n) is 14.3. The lowest BCUT2D eigenvalue weighted by atomic mass is 9.94. The zero-order valence-corrected chi connectivity index (χ0v) is 14.3. The van der Waals surface area contributed by atoms with Gasteiger partial charge in [0.25, 0.3) is 0 Å². The minimum Gasteiger partial charge on any atom is -0.386 e. The molecule has 0 saturated heterocycles. The normalized spacial score (nSPS) is 15.1. The summed E-state index contributed by atoms with van der Waals surface area (Å²) in [5, 5.41) is 14.5. The first kappa shape index (κ1) is 17.7. The van der Waals surface area contributed by atoms with E-state index in [1.54, 1.807) is 0 Å². The van der Waals surface area contributed by atoms with Crippen molar-refractivity contribution in [2.45, 2.75) is 57.7 Å². The summed E-state index contributed by atoms with van der Waals surface area (Å²) in [6.07, 6.45) is 4.32. The first-order valence-corrected chi connectivity index (χ1v) is 8.76. The summed E-state index contributed by atoms with van der Waals surface area (Å²) in [5.41, 5.74) is 2.08. The molecule has 3 atom stereocenters. The summed E-state index contributed by atoms with van der Waals surface area (Å²) >= 11 is 0. The van der Waals surface area contributed by atoms with Crippen LogP contribution in [0.5, 0.6) is 0 Å². The van der Waals surface area contributed by atoms with Crippen molar-refractivity contribution in [3.05, 3.63) is 71.8 Å². The monoisotopic (exact) mass is 311 g/mol. The van der Waals surface area contributed by atoms with Gasteiger partial charge in [-0.1, -0.05) is 86.8 Å². The number of aliphatic hydroxyl groups is 1. The number of benzene rings is 2. The Morgan fingerprint density at radius 3 is 2.00 bits per heavy atom. The van der Waals surface area contributed by atoms with E-state index in [4.69, 9.17) is 0 Å². The maximum Gasteiger partial charge on any atom is 0.0984 e. The molecule has 0 fully saturated rings. The molecule has 2 rings (SSSR count). The van der Waals surface area contributed by atoms with Gasteiger partial charge in [0.1, 0.15) is 0 Å². The molecule has 2 N–H and O–H groups in total. The van der Waals surface area contributed by atoms with Crippen molar-refractivity contribution < 1.29 is 5.11 Å². The molecule has 0 heterocycles. The summed E-state index contributed by atoms with van der Waals surface area (Å²) < 4.78 is 0. The number of hydrogen-bond donors (Lipinski definition) is 2. The van der Waals surface area contributed by atoms with Crippen LogP contribution in [0.3, 0.4) is 0 Å². The van der Waals surface area contributed by atoms with E-state index in [0.717, 1.165) is 17.5 Å². The van der Waals surface area contributed by atoms with Crippen LogP contribution in [-0.2, 0) is 0 Å². The number of nitrogens with one attached hydrogen (secondary N) is 1. The highest BCUT2D eigenvalue weighted by Gasteiger charge is 2.23. The van der Waals surface area contributed by atoms with Crippen LogP contribution in [0.25, 0.3) is 0 Å².